The molecule has 1 heterocycles. The van der Waals surface area contributed by atoms with Gasteiger partial charge in [-0.25, -0.2) is 4.98 Å². The van der Waals surface area contributed by atoms with Crippen molar-refractivity contribution in [2.24, 2.45) is 0 Å². The molecule has 0 spiro atoms. The van der Waals surface area contributed by atoms with Crippen LogP contribution in [0.1, 0.15) is 37.1 Å². The highest BCUT2D eigenvalue weighted by Crippen LogP contribution is 2.18. The van der Waals surface area contributed by atoms with Gasteiger partial charge in [-0.2, -0.15) is 0 Å². The zero-order valence-corrected chi connectivity index (χ0v) is 11.9. The lowest BCUT2D eigenvalue weighted by Crippen LogP contribution is -2.18. The number of carbonyl (C=O) groups excluding carboxylic acids is 1. The van der Waals surface area contributed by atoms with E-state index in [1.807, 2.05) is 31.2 Å². The van der Waals surface area contributed by atoms with E-state index in [-0.39, 0.29) is 11.9 Å². The summed E-state index contributed by atoms with van der Waals surface area (Å²) in [5, 5.41) is 6.12. The number of amides is 1. The predicted octanol–water partition coefficient (Wildman–Crippen LogP) is 2.79. The maximum absolute atomic E-state index is 11.1. The topological polar surface area (TPSA) is 67.2 Å². The number of rotatable bonds is 5. The van der Waals surface area contributed by atoms with Crippen molar-refractivity contribution in [3.05, 3.63) is 47.7 Å². The molecular weight excluding hydrogens is 254 g/mol. The van der Waals surface area contributed by atoms with Crippen molar-refractivity contribution in [3.63, 3.8) is 0 Å². The Morgan fingerprint density at radius 1 is 1.45 bits per heavy atom. The van der Waals surface area contributed by atoms with Crippen LogP contribution in [-0.2, 0) is 11.3 Å². The first-order valence-electron chi connectivity index (χ1n) is 6.57. The van der Waals surface area contributed by atoms with Crippen molar-refractivity contribution in [3.8, 4) is 0 Å². The highest BCUT2D eigenvalue weighted by Gasteiger charge is 2.08. The average Bonchev–Trinajstić information content (AvgIpc) is 2.81. The molecule has 106 valence electrons. The number of aryl methyl sites for hydroxylation is 1. The number of oxazole rings is 1. The van der Waals surface area contributed by atoms with Crippen LogP contribution in [0.25, 0.3) is 0 Å². The van der Waals surface area contributed by atoms with Crippen molar-refractivity contribution in [1.82, 2.24) is 10.3 Å². The first-order valence-corrected chi connectivity index (χ1v) is 6.57. The second kappa shape index (κ2) is 6.34. The predicted molar refractivity (Wildman–Crippen MR) is 77.2 cm³/mol. The van der Waals surface area contributed by atoms with Crippen LogP contribution in [-0.4, -0.2) is 10.9 Å². The summed E-state index contributed by atoms with van der Waals surface area (Å²) < 4.78 is 5.42. The van der Waals surface area contributed by atoms with Gasteiger partial charge < -0.3 is 15.1 Å². The number of nitrogens with zero attached hydrogens (tertiary/aromatic N) is 1. The van der Waals surface area contributed by atoms with Gasteiger partial charge in [0.25, 0.3) is 0 Å². The van der Waals surface area contributed by atoms with Crippen LogP contribution < -0.4 is 10.6 Å². The van der Waals surface area contributed by atoms with Gasteiger partial charge in [-0.15, -0.1) is 0 Å². The van der Waals surface area contributed by atoms with E-state index in [2.05, 4.69) is 22.5 Å². The maximum Gasteiger partial charge on any atom is 0.221 e. The fourth-order valence-electron chi connectivity index (χ4n) is 1.93. The first-order chi connectivity index (χ1) is 9.54. The lowest BCUT2D eigenvalue weighted by Gasteiger charge is -2.14. The van der Waals surface area contributed by atoms with Crippen LogP contribution in [0.3, 0.4) is 0 Å². The molecule has 1 amide bonds. The Hall–Kier alpha value is -2.14. The molecule has 5 heteroatoms. The molecule has 1 aromatic heterocycles. The Balaban J connectivity index is 1.97. The lowest BCUT2D eigenvalue weighted by atomic mass is 10.1. The Bertz CT molecular complexity index is 592. The zero-order chi connectivity index (χ0) is 14.5. The van der Waals surface area contributed by atoms with Gasteiger partial charge in [-0.3, -0.25) is 4.79 Å². The molecule has 0 aliphatic carbocycles. The van der Waals surface area contributed by atoms with E-state index in [1.54, 1.807) is 6.20 Å². The molecule has 5 nitrogen and oxygen atoms in total. The number of carbonyl (C=O) groups is 1. The fourth-order valence-corrected chi connectivity index (χ4v) is 1.93. The minimum Gasteiger partial charge on any atom is -0.445 e. The van der Waals surface area contributed by atoms with E-state index >= 15 is 0 Å². The van der Waals surface area contributed by atoms with Crippen molar-refractivity contribution in [2.75, 3.05) is 5.32 Å². The third kappa shape index (κ3) is 3.93. The van der Waals surface area contributed by atoms with Gasteiger partial charge >= 0.3 is 0 Å². The molecule has 1 atom stereocenters. The Morgan fingerprint density at radius 2 is 2.25 bits per heavy atom. The fraction of sp³-hybridized carbons (Fsp3) is 0.333. The largest absolute Gasteiger partial charge is 0.445 e. The van der Waals surface area contributed by atoms with E-state index in [0.717, 1.165) is 17.0 Å². The van der Waals surface area contributed by atoms with E-state index in [9.17, 15) is 4.79 Å². The molecule has 0 saturated carbocycles. The molecule has 20 heavy (non-hydrogen) atoms. The van der Waals surface area contributed by atoms with Gasteiger partial charge in [0, 0.05) is 18.7 Å². The molecule has 0 fully saturated rings. The second-order valence-electron chi connectivity index (χ2n) is 4.77. The Labute approximate surface area is 118 Å². The van der Waals surface area contributed by atoms with Crippen molar-refractivity contribution < 1.29 is 9.21 Å². The molecule has 0 aliphatic heterocycles. The molecule has 1 unspecified atom stereocenters. The quantitative estimate of drug-likeness (QED) is 0.879. The molecule has 2 N–H and O–H groups in total. The van der Waals surface area contributed by atoms with Crippen LogP contribution in [0.4, 0.5) is 5.69 Å². The van der Waals surface area contributed by atoms with Gasteiger partial charge in [-0.1, -0.05) is 12.1 Å². The molecule has 1 aromatic carbocycles. The van der Waals surface area contributed by atoms with Gasteiger partial charge in [0.15, 0.2) is 0 Å². The minimum atomic E-state index is -0.0713. The minimum absolute atomic E-state index is 0.0713. The van der Waals surface area contributed by atoms with Crippen molar-refractivity contribution in [2.45, 2.75) is 33.4 Å². The molecule has 0 aliphatic rings. The summed E-state index contributed by atoms with van der Waals surface area (Å²) in [6.45, 7) is 6.00. The van der Waals surface area contributed by atoms with Gasteiger partial charge in [-0.05, 0) is 31.5 Å². The summed E-state index contributed by atoms with van der Waals surface area (Å²) in [6, 6.07) is 7.91. The average molecular weight is 273 g/mol. The summed E-state index contributed by atoms with van der Waals surface area (Å²) in [5.74, 6) is 1.41. The van der Waals surface area contributed by atoms with Crippen molar-refractivity contribution >= 4 is 11.6 Å². The first kappa shape index (κ1) is 14.3. The standard InChI is InChI=1S/C15H19N3O2/c1-10-8-17-15(20-10)9-16-11(2)13-5-4-6-14(7-13)18-12(3)19/h4-8,11,16H,9H2,1-3H3,(H,18,19). The smallest absolute Gasteiger partial charge is 0.221 e. The third-order valence-electron chi connectivity index (χ3n) is 2.94. The van der Waals surface area contributed by atoms with E-state index in [0.29, 0.717) is 12.4 Å². The Morgan fingerprint density at radius 3 is 2.90 bits per heavy atom. The highest BCUT2D eigenvalue weighted by molar-refractivity contribution is 5.88. The number of hydrogen-bond donors (Lipinski definition) is 2. The van der Waals surface area contributed by atoms with Crippen LogP contribution in [0, 0.1) is 6.92 Å². The van der Waals surface area contributed by atoms with Gasteiger partial charge in [0.05, 0.1) is 12.7 Å². The SMILES string of the molecule is CC(=O)Nc1cccc(C(C)NCc2ncc(C)o2)c1. The molecule has 2 aromatic rings. The zero-order valence-electron chi connectivity index (χ0n) is 11.9. The molecule has 2 rings (SSSR count). The third-order valence-corrected chi connectivity index (χ3v) is 2.94. The summed E-state index contributed by atoms with van der Waals surface area (Å²) in [7, 11) is 0. The van der Waals surface area contributed by atoms with Crippen LogP contribution in [0.15, 0.2) is 34.9 Å². The monoisotopic (exact) mass is 273 g/mol. The lowest BCUT2D eigenvalue weighted by molar-refractivity contribution is -0.114. The number of benzene rings is 1. The molecule has 0 saturated heterocycles. The summed E-state index contributed by atoms with van der Waals surface area (Å²) in [6.07, 6.45) is 1.71. The maximum atomic E-state index is 11.1. The molecule has 0 bridgehead atoms. The number of nitrogens with one attached hydrogen (secondary N) is 2. The highest BCUT2D eigenvalue weighted by atomic mass is 16.4. The summed E-state index contributed by atoms with van der Waals surface area (Å²) in [4.78, 5) is 15.2. The normalized spacial score (nSPS) is 12.2. The van der Waals surface area contributed by atoms with Crippen LogP contribution in [0.2, 0.25) is 0 Å². The van der Waals surface area contributed by atoms with Crippen LogP contribution >= 0.6 is 0 Å². The summed E-state index contributed by atoms with van der Waals surface area (Å²) in [5.41, 5.74) is 1.90. The van der Waals surface area contributed by atoms with E-state index in [4.69, 9.17) is 4.42 Å². The number of aromatic nitrogens is 1. The van der Waals surface area contributed by atoms with E-state index < -0.39 is 0 Å². The number of anilines is 1. The van der Waals surface area contributed by atoms with Gasteiger partial charge in [0.2, 0.25) is 11.8 Å². The molecular formula is C15H19N3O2. The second-order valence-corrected chi connectivity index (χ2v) is 4.77. The van der Waals surface area contributed by atoms with Crippen LogP contribution in [0.5, 0.6) is 0 Å². The van der Waals surface area contributed by atoms with Crippen molar-refractivity contribution in [1.29, 1.82) is 0 Å². The number of hydrogen-bond acceptors (Lipinski definition) is 4. The van der Waals surface area contributed by atoms with E-state index in [1.165, 1.54) is 6.92 Å². The Kier molecular flexibility index (Phi) is 4.53. The molecule has 0 radical (unpaired) electrons. The van der Waals surface area contributed by atoms with Gasteiger partial charge in [0.1, 0.15) is 5.76 Å². The summed E-state index contributed by atoms with van der Waals surface area (Å²) >= 11 is 0.